The molecule has 1 heterocycles. The monoisotopic (exact) mass is 498 g/mol. The Morgan fingerprint density at radius 1 is 1.17 bits per heavy atom. The first-order valence-electron chi connectivity index (χ1n) is 8.64. The Labute approximate surface area is 183 Å². The number of methoxy groups -OCH3 is 1. The highest BCUT2D eigenvalue weighted by Crippen LogP contribution is 2.31. The third kappa shape index (κ3) is 5.13. The van der Waals surface area contributed by atoms with E-state index in [1.165, 1.54) is 19.2 Å². The van der Waals surface area contributed by atoms with Gasteiger partial charge in [0.2, 0.25) is 0 Å². The molecule has 1 aliphatic rings. The summed E-state index contributed by atoms with van der Waals surface area (Å²) in [4.78, 5) is 12.8. The standard InChI is InChI=1S/C19H19BrN2O5S2/c1-26-9-10-29(24,25)27-16-7-5-14(6-8-16)19(17(23)21-18(28)22-19)12-13-3-2-4-15(20)11-13/h2-8,11H,9-10,12H2,1H3,(H2,21,22,23,28). The summed E-state index contributed by atoms with van der Waals surface area (Å²) < 4.78 is 34.6. The van der Waals surface area contributed by atoms with Crippen LogP contribution < -0.4 is 14.8 Å². The number of thiocarbonyl (C=S) groups is 1. The van der Waals surface area contributed by atoms with Crippen LogP contribution in [0.1, 0.15) is 11.1 Å². The van der Waals surface area contributed by atoms with Gasteiger partial charge in [0.15, 0.2) is 5.11 Å². The van der Waals surface area contributed by atoms with Gasteiger partial charge < -0.3 is 19.6 Å². The molecule has 1 saturated heterocycles. The molecule has 7 nitrogen and oxygen atoms in total. The van der Waals surface area contributed by atoms with Crippen LogP contribution in [0.2, 0.25) is 0 Å². The molecule has 2 aromatic rings. The SMILES string of the molecule is COCCS(=O)(=O)Oc1ccc(C2(Cc3cccc(Br)c3)NC(=S)NC2=O)cc1. The first-order valence-corrected chi connectivity index (χ1v) is 11.4. The smallest absolute Gasteiger partial charge is 0.311 e. The van der Waals surface area contributed by atoms with Gasteiger partial charge in [-0.2, -0.15) is 8.42 Å². The molecule has 154 valence electrons. The number of rotatable bonds is 8. The van der Waals surface area contributed by atoms with E-state index in [0.29, 0.717) is 12.0 Å². The molecule has 1 amide bonds. The number of carbonyl (C=O) groups is 1. The Morgan fingerprint density at radius 2 is 1.90 bits per heavy atom. The van der Waals surface area contributed by atoms with E-state index in [4.69, 9.17) is 21.1 Å². The Hall–Kier alpha value is -2.01. The van der Waals surface area contributed by atoms with Crippen molar-refractivity contribution in [3.05, 3.63) is 64.1 Å². The molecule has 10 heteroatoms. The fraction of sp³-hybridized carbons (Fsp3) is 0.263. The molecule has 0 spiro atoms. The molecule has 3 rings (SSSR count). The molecule has 1 fully saturated rings. The first kappa shape index (κ1) is 21.7. The molecule has 0 aromatic heterocycles. The minimum absolute atomic E-state index is 0.0394. The number of halogens is 1. The van der Waals surface area contributed by atoms with Crippen molar-refractivity contribution in [1.82, 2.24) is 10.6 Å². The molecule has 0 aliphatic carbocycles. The van der Waals surface area contributed by atoms with Gasteiger partial charge in [-0.15, -0.1) is 0 Å². The van der Waals surface area contributed by atoms with E-state index in [9.17, 15) is 13.2 Å². The van der Waals surface area contributed by atoms with Crippen molar-refractivity contribution in [2.75, 3.05) is 19.5 Å². The van der Waals surface area contributed by atoms with E-state index >= 15 is 0 Å². The molecule has 1 unspecified atom stereocenters. The van der Waals surface area contributed by atoms with Crippen molar-refractivity contribution in [1.29, 1.82) is 0 Å². The van der Waals surface area contributed by atoms with Gasteiger partial charge in [0.1, 0.15) is 17.0 Å². The molecule has 2 N–H and O–H groups in total. The molecule has 0 radical (unpaired) electrons. The largest absolute Gasteiger partial charge is 0.383 e. The molecular weight excluding hydrogens is 480 g/mol. The van der Waals surface area contributed by atoms with Crippen molar-refractivity contribution < 1.29 is 22.1 Å². The van der Waals surface area contributed by atoms with E-state index < -0.39 is 15.7 Å². The molecule has 0 bridgehead atoms. The lowest BCUT2D eigenvalue weighted by molar-refractivity contribution is -0.124. The van der Waals surface area contributed by atoms with Gasteiger partial charge in [-0.1, -0.05) is 40.2 Å². The van der Waals surface area contributed by atoms with Crippen LogP contribution in [0.3, 0.4) is 0 Å². The second kappa shape index (κ2) is 8.78. The topological polar surface area (TPSA) is 93.7 Å². The highest BCUT2D eigenvalue weighted by Gasteiger charge is 2.46. The van der Waals surface area contributed by atoms with Crippen molar-refractivity contribution in [3.63, 3.8) is 0 Å². The first-order chi connectivity index (χ1) is 13.7. The van der Waals surface area contributed by atoms with Crippen LogP contribution in [0.5, 0.6) is 5.75 Å². The van der Waals surface area contributed by atoms with Crippen LogP contribution in [0.25, 0.3) is 0 Å². The second-order valence-electron chi connectivity index (χ2n) is 6.48. The number of hydrogen-bond donors (Lipinski definition) is 2. The summed E-state index contributed by atoms with van der Waals surface area (Å²) in [6.07, 6.45) is 0.352. The minimum Gasteiger partial charge on any atom is -0.383 e. The Morgan fingerprint density at radius 3 is 2.48 bits per heavy atom. The zero-order valence-electron chi connectivity index (χ0n) is 15.5. The predicted octanol–water partition coefficient (Wildman–Crippen LogP) is 2.25. The van der Waals surface area contributed by atoms with Gasteiger partial charge in [0, 0.05) is 18.0 Å². The van der Waals surface area contributed by atoms with Gasteiger partial charge in [-0.3, -0.25) is 4.79 Å². The fourth-order valence-electron chi connectivity index (χ4n) is 3.04. The Bertz CT molecular complexity index is 1030. The fourth-order valence-corrected chi connectivity index (χ4v) is 4.62. The van der Waals surface area contributed by atoms with Crippen LogP contribution in [-0.2, 0) is 31.6 Å². The van der Waals surface area contributed by atoms with Gasteiger partial charge in [0.25, 0.3) is 5.91 Å². The molecular formula is C19H19BrN2O5S2. The number of benzene rings is 2. The van der Waals surface area contributed by atoms with Crippen LogP contribution in [0.4, 0.5) is 0 Å². The zero-order chi connectivity index (χ0) is 21.1. The number of amides is 1. The molecule has 29 heavy (non-hydrogen) atoms. The van der Waals surface area contributed by atoms with Crippen LogP contribution >= 0.6 is 28.1 Å². The third-order valence-electron chi connectivity index (χ3n) is 4.41. The lowest BCUT2D eigenvalue weighted by Gasteiger charge is -2.27. The van der Waals surface area contributed by atoms with Crippen LogP contribution in [0, 0.1) is 0 Å². The van der Waals surface area contributed by atoms with E-state index in [-0.39, 0.29) is 29.1 Å². The second-order valence-corrected chi connectivity index (χ2v) is 9.50. The highest BCUT2D eigenvalue weighted by atomic mass is 79.9. The van der Waals surface area contributed by atoms with Crippen LogP contribution in [0.15, 0.2) is 53.0 Å². The van der Waals surface area contributed by atoms with Gasteiger partial charge in [-0.25, -0.2) is 0 Å². The summed E-state index contributed by atoms with van der Waals surface area (Å²) in [5.74, 6) is -0.372. The third-order valence-corrected chi connectivity index (χ3v) is 6.22. The van der Waals surface area contributed by atoms with E-state index in [1.54, 1.807) is 12.1 Å². The summed E-state index contributed by atoms with van der Waals surface area (Å²) >= 11 is 8.60. The lowest BCUT2D eigenvalue weighted by Crippen LogP contribution is -2.45. The van der Waals surface area contributed by atoms with E-state index in [1.807, 2.05) is 24.3 Å². The minimum atomic E-state index is -3.76. The maximum absolute atomic E-state index is 12.8. The van der Waals surface area contributed by atoms with Gasteiger partial charge in [-0.05, 0) is 47.6 Å². The maximum atomic E-state index is 12.8. The summed E-state index contributed by atoms with van der Waals surface area (Å²) in [6, 6.07) is 14.0. The predicted molar refractivity (Wildman–Crippen MR) is 116 cm³/mol. The van der Waals surface area contributed by atoms with E-state index in [0.717, 1.165) is 10.0 Å². The van der Waals surface area contributed by atoms with Crippen molar-refractivity contribution in [3.8, 4) is 5.75 Å². The summed E-state index contributed by atoms with van der Waals surface area (Å²) in [5.41, 5.74) is 0.455. The van der Waals surface area contributed by atoms with Gasteiger partial charge in [0.05, 0.1) is 6.61 Å². The average molecular weight is 499 g/mol. The number of nitrogens with one attached hydrogen (secondary N) is 2. The number of carbonyl (C=O) groups excluding carboxylic acids is 1. The van der Waals surface area contributed by atoms with Crippen molar-refractivity contribution in [2.45, 2.75) is 12.0 Å². The normalized spacial score (nSPS) is 19.0. The average Bonchev–Trinajstić information content (AvgIpc) is 2.94. The van der Waals surface area contributed by atoms with Crippen LogP contribution in [-0.4, -0.2) is 38.9 Å². The number of ether oxygens (including phenoxy) is 1. The lowest BCUT2D eigenvalue weighted by atomic mass is 9.84. The van der Waals surface area contributed by atoms with Crippen molar-refractivity contribution in [2.24, 2.45) is 0 Å². The molecule has 1 atom stereocenters. The summed E-state index contributed by atoms with van der Waals surface area (Å²) in [7, 11) is -2.35. The van der Waals surface area contributed by atoms with Gasteiger partial charge >= 0.3 is 10.1 Å². The Kier molecular flexibility index (Phi) is 6.57. The summed E-state index contributed by atoms with van der Waals surface area (Å²) in [6.45, 7) is 0.0394. The maximum Gasteiger partial charge on any atom is 0.311 e. The zero-order valence-corrected chi connectivity index (χ0v) is 18.7. The van der Waals surface area contributed by atoms with Crippen molar-refractivity contribution >= 4 is 49.3 Å². The quantitative estimate of drug-likeness (QED) is 0.425. The van der Waals surface area contributed by atoms with E-state index in [2.05, 4.69) is 26.6 Å². The number of hydrogen-bond acceptors (Lipinski definition) is 6. The molecule has 0 saturated carbocycles. The molecule has 1 aliphatic heterocycles. The summed E-state index contributed by atoms with van der Waals surface area (Å²) in [5, 5.41) is 5.97. The highest BCUT2D eigenvalue weighted by molar-refractivity contribution is 9.10. The molecule has 2 aromatic carbocycles. The Balaban J connectivity index is 1.89.